The molecule has 0 fully saturated rings. The molecular weight excluding hydrogens is 432 g/mol. The molecule has 8 heteroatoms. The lowest BCUT2D eigenvalue weighted by atomic mass is 10.2. The second-order valence-corrected chi connectivity index (χ2v) is 7.39. The zero-order valence-electron chi connectivity index (χ0n) is 16.3. The minimum atomic E-state index is 0.345. The lowest BCUT2D eigenvalue weighted by Crippen LogP contribution is -2.03. The Morgan fingerprint density at radius 3 is 2.86 bits per heavy atom. The highest BCUT2D eigenvalue weighted by Gasteiger charge is 2.13. The lowest BCUT2D eigenvalue weighted by Gasteiger charge is -2.08. The first kappa shape index (κ1) is 19.3. The molecule has 1 N–H and O–H groups in total. The summed E-state index contributed by atoms with van der Waals surface area (Å²) < 4.78 is 8.86. The van der Waals surface area contributed by atoms with E-state index in [2.05, 4.69) is 66.1 Å². The molecule has 0 unspecified atom stereocenters. The molecule has 0 aliphatic rings. The van der Waals surface area contributed by atoms with Crippen molar-refractivity contribution < 1.29 is 4.74 Å². The van der Waals surface area contributed by atoms with Crippen LogP contribution >= 0.6 is 15.9 Å². The van der Waals surface area contributed by atoms with Crippen molar-refractivity contribution in [2.75, 3.05) is 12.0 Å². The van der Waals surface area contributed by atoms with Crippen molar-refractivity contribution in [2.24, 2.45) is 5.10 Å². The van der Waals surface area contributed by atoms with E-state index in [-0.39, 0.29) is 0 Å². The van der Waals surface area contributed by atoms with Gasteiger partial charge in [0.2, 0.25) is 0 Å². The van der Waals surface area contributed by atoms with Crippen molar-refractivity contribution in [2.45, 2.75) is 26.8 Å². The minimum Gasteiger partial charge on any atom is -0.493 e. The quantitative estimate of drug-likeness (QED) is 0.315. The molecule has 0 amide bonds. The standard InChI is InChI=1S/C21H21BrN6O/c1-3-11-29-18-10-9-15(22)12-14(18)13-23-26-21-24-20-19(25-27-21)16-7-5-6-8-17(16)28(20)4-2/h5-10,12-13H,3-4,11H2,1-2H3,(H,24,26,27)/b23-13+. The number of nitrogens with zero attached hydrogens (tertiary/aromatic N) is 5. The first-order chi connectivity index (χ1) is 14.2. The number of hydrazone groups is 1. The molecule has 29 heavy (non-hydrogen) atoms. The third-order valence-electron chi connectivity index (χ3n) is 4.49. The Morgan fingerprint density at radius 2 is 2.03 bits per heavy atom. The molecule has 4 rings (SSSR count). The first-order valence-electron chi connectivity index (χ1n) is 9.54. The number of anilines is 1. The van der Waals surface area contributed by atoms with Crippen LogP contribution in [-0.4, -0.2) is 32.6 Å². The molecule has 2 aromatic heterocycles. The van der Waals surface area contributed by atoms with Crippen molar-refractivity contribution in [1.82, 2.24) is 19.7 Å². The average Bonchev–Trinajstić information content (AvgIpc) is 3.06. The number of fused-ring (bicyclic) bond motifs is 3. The number of benzene rings is 2. The van der Waals surface area contributed by atoms with Gasteiger partial charge in [-0.15, -0.1) is 10.2 Å². The summed E-state index contributed by atoms with van der Waals surface area (Å²) in [6.07, 6.45) is 2.63. The van der Waals surface area contributed by atoms with E-state index in [1.165, 1.54) is 0 Å². The van der Waals surface area contributed by atoms with Gasteiger partial charge in [-0.2, -0.15) is 10.1 Å². The summed E-state index contributed by atoms with van der Waals surface area (Å²) in [7, 11) is 0. The van der Waals surface area contributed by atoms with Gasteiger partial charge in [-0.3, -0.25) is 0 Å². The summed E-state index contributed by atoms with van der Waals surface area (Å²) in [6, 6.07) is 13.9. The minimum absolute atomic E-state index is 0.345. The van der Waals surface area contributed by atoms with Crippen LogP contribution in [0.2, 0.25) is 0 Å². The van der Waals surface area contributed by atoms with Crippen molar-refractivity contribution in [1.29, 1.82) is 0 Å². The van der Waals surface area contributed by atoms with Gasteiger partial charge < -0.3 is 9.30 Å². The van der Waals surface area contributed by atoms with E-state index in [1.54, 1.807) is 6.21 Å². The maximum Gasteiger partial charge on any atom is 0.265 e. The normalized spacial score (nSPS) is 11.6. The Kier molecular flexibility index (Phi) is 5.71. The number of para-hydroxylation sites is 1. The fourth-order valence-corrected chi connectivity index (χ4v) is 3.57. The zero-order valence-corrected chi connectivity index (χ0v) is 17.8. The molecule has 4 aromatic rings. The predicted molar refractivity (Wildman–Crippen MR) is 120 cm³/mol. The average molecular weight is 453 g/mol. The second kappa shape index (κ2) is 8.57. The number of ether oxygens (including phenoxy) is 1. The maximum absolute atomic E-state index is 5.78. The second-order valence-electron chi connectivity index (χ2n) is 6.47. The SMILES string of the molecule is CCCOc1ccc(Br)cc1/C=N/Nc1nnc2c3ccccc3n(CC)c2n1. The molecule has 0 saturated heterocycles. The van der Waals surface area contributed by atoms with Gasteiger partial charge in [-0.05, 0) is 37.6 Å². The molecule has 2 heterocycles. The topological polar surface area (TPSA) is 77.2 Å². The van der Waals surface area contributed by atoms with E-state index in [9.17, 15) is 0 Å². The lowest BCUT2D eigenvalue weighted by molar-refractivity contribution is 0.317. The molecule has 0 aliphatic heterocycles. The van der Waals surface area contributed by atoms with Gasteiger partial charge in [-0.1, -0.05) is 41.1 Å². The zero-order chi connectivity index (χ0) is 20.2. The van der Waals surface area contributed by atoms with E-state index >= 15 is 0 Å². The van der Waals surface area contributed by atoms with Crippen LogP contribution in [0.1, 0.15) is 25.8 Å². The Morgan fingerprint density at radius 1 is 1.17 bits per heavy atom. The van der Waals surface area contributed by atoms with Gasteiger partial charge in [-0.25, -0.2) is 5.43 Å². The number of halogens is 1. The number of rotatable bonds is 7. The van der Waals surface area contributed by atoms with Gasteiger partial charge in [0.25, 0.3) is 5.95 Å². The van der Waals surface area contributed by atoms with Crippen molar-refractivity contribution in [3.63, 3.8) is 0 Å². The van der Waals surface area contributed by atoms with Crippen LogP contribution < -0.4 is 10.2 Å². The molecule has 2 aromatic carbocycles. The predicted octanol–water partition coefficient (Wildman–Crippen LogP) is 5.00. The third-order valence-corrected chi connectivity index (χ3v) is 4.99. The van der Waals surface area contributed by atoms with Crippen LogP contribution in [0.25, 0.3) is 22.1 Å². The number of hydrogen-bond acceptors (Lipinski definition) is 6. The van der Waals surface area contributed by atoms with Crippen LogP contribution in [0, 0.1) is 0 Å². The van der Waals surface area contributed by atoms with Crippen LogP contribution in [0.5, 0.6) is 5.75 Å². The monoisotopic (exact) mass is 452 g/mol. The summed E-state index contributed by atoms with van der Waals surface area (Å²) in [4.78, 5) is 4.63. The Labute approximate surface area is 176 Å². The summed E-state index contributed by atoms with van der Waals surface area (Å²) in [5, 5.41) is 13.9. The van der Waals surface area contributed by atoms with Gasteiger partial charge in [0.1, 0.15) is 11.3 Å². The molecule has 0 aliphatic carbocycles. The van der Waals surface area contributed by atoms with Crippen LogP contribution in [0.4, 0.5) is 5.95 Å². The van der Waals surface area contributed by atoms with E-state index in [1.807, 2.05) is 36.4 Å². The highest BCUT2D eigenvalue weighted by atomic mass is 79.9. The maximum atomic E-state index is 5.78. The highest BCUT2D eigenvalue weighted by molar-refractivity contribution is 9.10. The molecule has 0 bridgehead atoms. The van der Waals surface area contributed by atoms with Crippen molar-refractivity contribution >= 4 is 50.2 Å². The summed E-state index contributed by atoms with van der Waals surface area (Å²) >= 11 is 3.49. The molecule has 0 atom stereocenters. The fraction of sp³-hybridized carbons (Fsp3) is 0.238. The first-order valence-corrected chi connectivity index (χ1v) is 10.3. The molecular formula is C21H21BrN6O. The van der Waals surface area contributed by atoms with E-state index in [0.29, 0.717) is 12.6 Å². The smallest absolute Gasteiger partial charge is 0.265 e. The number of aryl methyl sites for hydroxylation is 1. The van der Waals surface area contributed by atoms with Gasteiger partial charge in [0.15, 0.2) is 5.65 Å². The van der Waals surface area contributed by atoms with E-state index in [4.69, 9.17) is 4.74 Å². The van der Waals surface area contributed by atoms with Crippen molar-refractivity contribution in [3.8, 4) is 5.75 Å². The number of hydrogen-bond donors (Lipinski definition) is 1. The largest absolute Gasteiger partial charge is 0.493 e. The molecule has 7 nitrogen and oxygen atoms in total. The molecule has 0 saturated carbocycles. The summed E-state index contributed by atoms with van der Waals surface area (Å²) in [5.41, 5.74) is 6.42. The molecule has 0 spiro atoms. The summed E-state index contributed by atoms with van der Waals surface area (Å²) in [6.45, 7) is 5.61. The van der Waals surface area contributed by atoms with Gasteiger partial charge >= 0.3 is 0 Å². The Hall–Kier alpha value is -3.00. The number of aromatic nitrogens is 4. The highest BCUT2D eigenvalue weighted by Crippen LogP contribution is 2.26. The van der Waals surface area contributed by atoms with E-state index in [0.717, 1.165) is 50.8 Å². The summed E-state index contributed by atoms with van der Waals surface area (Å²) in [5.74, 6) is 1.12. The molecule has 0 radical (unpaired) electrons. The Balaban J connectivity index is 1.62. The fourth-order valence-electron chi connectivity index (χ4n) is 3.19. The van der Waals surface area contributed by atoms with Crippen LogP contribution in [0.3, 0.4) is 0 Å². The van der Waals surface area contributed by atoms with E-state index < -0.39 is 0 Å². The number of nitrogens with one attached hydrogen (secondary N) is 1. The third kappa shape index (κ3) is 3.93. The van der Waals surface area contributed by atoms with Crippen molar-refractivity contribution in [3.05, 3.63) is 52.5 Å². The molecule has 148 valence electrons. The van der Waals surface area contributed by atoms with Crippen LogP contribution in [0.15, 0.2) is 52.0 Å². The van der Waals surface area contributed by atoms with Gasteiger partial charge in [0.05, 0.1) is 18.3 Å². The van der Waals surface area contributed by atoms with Crippen LogP contribution in [-0.2, 0) is 6.54 Å². The Bertz CT molecular complexity index is 1190. The van der Waals surface area contributed by atoms with Gasteiger partial charge in [0, 0.05) is 22.0 Å².